The van der Waals surface area contributed by atoms with Crippen LogP contribution in [0.4, 0.5) is 0 Å². The summed E-state index contributed by atoms with van der Waals surface area (Å²) in [7, 11) is 0. The van der Waals surface area contributed by atoms with Gasteiger partial charge in [0.1, 0.15) is 5.78 Å². The van der Waals surface area contributed by atoms with E-state index in [9.17, 15) is 4.79 Å². The molecule has 62 valence electrons. The lowest BCUT2D eigenvalue weighted by Crippen LogP contribution is -2.21. The molecule has 0 N–H and O–H groups in total. The number of thioether (sulfide) groups is 1. The molecule has 2 aliphatic rings. The van der Waals surface area contributed by atoms with E-state index in [4.69, 9.17) is 0 Å². The second-order valence-electron chi connectivity index (χ2n) is 3.59. The van der Waals surface area contributed by atoms with Crippen LogP contribution in [0.25, 0.3) is 0 Å². The van der Waals surface area contributed by atoms with Crippen molar-refractivity contribution in [2.45, 2.75) is 25.7 Å². The molecule has 0 aromatic rings. The van der Waals surface area contributed by atoms with Crippen molar-refractivity contribution in [3.8, 4) is 0 Å². The Kier molecular flexibility index (Phi) is 2.21. The molecule has 0 spiro atoms. The Bertz CT molecular complexity index is 157. The van der Waals surface area contributed by atoms with Gasteiger partial charge in [0.05, 0.1) is 0 Å². The molecular weight excluding hydrogens is 156 g/mol. The number of hydrogen-bond donors (Lipinski definition) is 0. The van der Waals surface area contributed by atoms with Crippen LogP contribution in [-0.4, -0.2) is 17.3 Å². The SMILES string of the molecule is O=C(C1CC1)C1CCCSC1. The van der Waals surface area contributed by atoms with Crippen molar-refractivity contribution in [3.63, 3.8) is 0 Å². The first-order valence-electron chi connectivity index (χ1n) is 4.49. The fraction of sp³-hybridized carbons (Fsp3) is 0.889. The highest BCUT2D eigenvalue weighted by molar-refractivity contribution is 7.99. The predicted molar refractivity (Wildman–Crippen MR) is 47.8 cm³/mol. The lowest BCUT2D eigenvalue weighted by molar-refractivity contribution is -0.123. The third-order valence-electron chi connectivity index (χ3n) is 2.54. The number of carbonyl (C=O) groups excluding carboxylic acids is 1. The van der Waals surface area contributed by atoms with Crippen molar-refractivity contribution < 1.29 is 4.79 Å². The van der Waals surface area contributed by atoms with E-state index in [2.05, 4.69) is 0 Å². The molecule has 0 aromatic carbocycles. The maximum atomic E-state index is 11.5. The fourth-order valence-electron chi connectivity index (χ4n) is 1.67. The van der Waals surface area contributed by atoms with E-state index in [1.807, 2.05) is 11.8 Å². The van der Waals surface area contributed by atoms with Crippen molar-refractivity contribution >= 4 is 17.5 Å². The second-order valence-corrected chi connectivity index (χ2v) is 4.74. The standard InChI is InChI=1S/C9H14OS/c10-9(7-3-4-7)8-2-1-5-11-6-8/h7-8H,1-6H2. The summed E-state index contributed by atoms with van der Waals surface area (Å²) in [5, 5.41) is 0. The topological polar surface area (TPSA) is 17.1 Å². The summed E-state index contributed by atoms with van der Waals surface area (Å²) in [5.41, 5.74) is 0. The minimum atomic E-state index is 0.432. The summed E-state index contributed by atoms with van der Waals surface area (Å²) >= 11 is 1.96. The zero-order valence-electron chi connectivity index (χ0n) is 6.71. The quantitative estimate of drug-likeness (QED) is 0.631. The molecule has 1 aliphatic carbocycles. The van der Waals surface area contributed by atoms with E-state index in [0.717, 1.165) is 5.75 Å². The number of Topliss-reactive ketones (excluding diaryl/α,β-unsaturated/α-hetero) is 1. The first-order chi connectivity index (χ1) is 5.38. The van der Waals surface area contributed by atoms with Crippen molar-refractivity contribution in [1.82, 2.24) is 0 Å². The van der Waals surface area contributed by atoms with Crippen LogP contribution >= 0.6 is 11.8 Å². The molecule has 0 bridgehead atoms. The van der Waals surface area contributed by atoms with Gasteiger partial charge < -0.3 is 0 Å². The van der Waals surface area contributed by atoms with Crippen LogP contribution in [0.2, 0.25) is 0 Å². The van der Waals surface area contributed by atoms with Crippen LogP contribution in [-0.2, 0) is 4.79 Å². The molecule has 0 amide bonds. The van der Waals surface area contributed by atoms with Crippen LogP contribution in [0.3, 0.4) is 0 Å². The Morgan fingerprint density at radius 1 is 1.18 bits per heavy atom. The highest BCUT2D eigenvalue weighted by Crippen LogP contribution is 2.36. The molecule has 11 heavy (non-hydrogen) atoms. The largest absolute Gasteiger partial charge is 0.299 e. The van der Waals surface area contributed by atoms with E-state index in [-0.39, 0.29) is 0 Å². The molecular formula is C9H14OS. The number of carbonyl (C=O) groups is 1. The van der Waals surface area contributed by atoms with Crippen molar-refractivity contribution in [3.05, 3.63) is 0 Å². The zero-order chi connectivity index (χ0) is 7.68. The van der Waals surface area contributed by atoms with E-state index in [1.54, 1.807) is 0 Å². The third kappa shape index (κ3) is 1.78. The fourth-order valence-corrected chi connectivity index (χ4v) is 2.82. The molecule has 0 radical (unpaired) electrons. The Morgan fingerprint density at radius 2 is 2.00 bits per heavy atom. The lowest BCUT2D eigenvalue weighted by atomic mass is 9.97. The highest BCUT2D eigenvalue weighted by Gasteiger charge is 2.34. The maximum Gasteiger partial charge on any atom is 0.139 e. The van der Waals surface area contributed by atoms with Crippen LogP contribution in [0.5, 0.6) is 0 Å². The van der Waals surface area contributed by atoms with Gasteiger partial charge in [-0.3, -0.25) is 4.79 Å². The number of rotatable bonds is 2. The lowest BCUT2D eigenvalue weighted by Gasteiger charge is -2.19. The van der Waals surface area contributed by atoms with Gasteiger partial charge in [0.15, 0.2) is 0 Å². The van der Waals surface area contributed by atoms with Gasteiger partial charge in [0.25, 0.3) is 0 Å². The monoisotopic (exact) mass is 170 g/mol. The van der Waals surface area contributed by atoms with Crippen molar-refractivity contribution in [1.29, 1.82) is 0 Å². The van der Waals surface area contributed by atoms with Gasteiger partial charge in [0, 0.05) is 17.6 Å². The minimum Gasteiger partial charge on any atom is -0.299 e. The molecule has 1 nitrogen and oxygen atoms in total. The molecule has 1 saturated heterocycles. The molecule has 1 saturated carbocycles. The number of ketones is 1. The van der Waals surface area contributed by atoms with Crippen LogP contribution < -0.4 is 0 Å². The highest BCUT2D eigenvalue weighted by atomic mass is 32.2. The summed E-state index contributed by atoms with van der Waals surface area (Å²) in [5.74, 6) is 3.88. The molecule has 1 aliphatic heterocycles. The summed E-state index contributed by atoms with van der Waals surface area (Å²) in [6.07, 6.45) is 4.79. The van der Waals surface area contributed by atoms with E-state index in [0.29, 0.717) is 17.6 Å². The summed E-state index contributed by atoms with van der Waals surface area (Å²) in [4.78, 5) is 11.5. The Morgan fingerprint density at radius 3 is 2.55 bits per heavy atom. The van der Waals surface area contributed by atoms with Gasteiger partial charge in [-0.25, -0.2) is 0 Å². The van der Waals surface area contributed by atoms with E-state index >= 15 is 0 Å². The van der Waals surface area contributed by atoms with Gasteiger partial charge in [-0.15, -0.1) is 0 Å². The Labute approximate surface area is 71.9 Å². The Balaban J connectivity index is 1.86. The minimum absolute atomic E-state index is 0.432. The first kappa shape index (κ1) is 7.66. The van der Waals surface area contributed by atoms with Crippen LogP contribution in [0.1, 0.15) is 25.7 Å². The molecule has 0 aromatic heterocycles. The number of hydrogen-bond acceptors (Lipinski definition) is 2. The maximum absolute atomic E-state index is 11.5. The van der Waals surface area contributed by atoms with Crippen molar-refractivity contribution in [2.24, 2.45) is 11.8 Å². The molecule has 2 heteroatoms. The molecule has 2 fully saturated rings. The van der Waals surface area contributed by atoms with Gasteiger partial charge in [-0.1, -0.05) is 0 Å². The van der Waals surface area contributed by atoms with Crippen molar-refractivity contribution in [2.75, 3.05) is 11.5 Å². The molecule has 1 heterocycles. The van der Waals surface area contributed by atoms with Gasteiger partial charge in [-0.05, 0) is 31.4 Å². The van der Waals surface area contributed by atoms with E-state index < -0.39 is 0 Å². The van der Waals surface area contributed by atoms with Gasteiger partial charge >= 0.3 is 0 Å². The molecule has 1 unspecified atom stereocenters. The average Bonchev–Trinajstić information content (AvgIpc) is 2.87. The Hall–Kier alpha value is 0.0200. The predicted octanol–water partition coefficient (Wildman–Crippen LogP) is 2.11. The zero-order valence-corrected chi connectivity index (χ0v) is 7.53. The second kappa shape index (κ2) is 3.18. The summed E-state index contributed by atoms with van der Waals surface area (Å²) in [6, 6.07) is 0. The van der Waals surface area contributed by atoms with Gasteiger partial charge in [0.2, 0.25) is 0 Å². The normalized spacial score (nSPS) is 31.8. The molecule has 1 atom stereocenters. The summed E-state index contributed by atoms with van der Waals surface area (Å²) < 4.78 is 0. The van der Waals surface area contributed by atoms with E-state index in [1.165, 1.54) is 31.4 Å². The smallest absolute Gasteiger partial charge is 0.139 e. The van der Waals surface area contributed by atoms with Gasteiger partial charge in [-0.2, -0.15) is 11.8 Å². The van der Waals surface area contributed by atoms with Crippen LogP contribution in [0, 0.1) is 11.8 Å². The molecule has 2 rings (SSSR count). The van der Waals surface area contributed by atoms with Crippen LogP contribution in [0.15, 0.2) is 0 Å². The summed E-state index contributed by atoms with van der Waals surface area (Å²) in [6.45, 7) is 0. The average molecular weight is 170 g/mol. The first-order valence-corrected chi connectivity index (χ1v) is 5.65. The third-order valence-corrected chi connectivity index (χ3v) is 3.76.